The molecule has 1 unspecified atom stereocenters. The van der Waals surface area contributed by atoms with Gasteiger partial charge in [0.15, 0.2) is 5.96 Å². The number of hydrogen-bond donors (Lipinski definition) is 1. The van der Waals surface area contributed by atoms with Crippen LogP contribution in [0.5, 0.6) is 0 Å². The first kappa shape index (κ1) is 10.3. The lowest BCUT2D eigenvalue weighted by Gasteiger charge is -2.39. The Kier molecular flexibility index (Phi) is 2.81. The maximum Gasteiger partial charge on any atom is 0.191 e. The molecule has 2 N–H and O–H groups in total. The Labute approximate surface area is 79.8 Å². The molecule has 0 spiro atoms. The zero-order valence-electron chi connectivity index (χ0n) is 8.87. The van der Waals surface area contributed by atoms with Gasteiger partial charge in [0.05, 0.1) is 18.7 Å². The van der Waals surface area contributed by atoms with Crippen LogP contribution in [-0.2, 0) is 4.74 Å². The number of nitrogens with two attached hydrogens (primary N) is 1. The molecule has 1 rings (SSSR count). The molecule has 1 aliphatic heterocycles. The lowest BCUT2D eigenvalue weighted by molar-refractivity contribution is 0.0457. The Bertz CT molecular complexity index is 215. The average molecular weight is 185 g/mol. The van der Waals surface area contributed by atoms with Crippen LogP contribution in [0.3, 0.4) is 0 Å². The Balaban J connectivity index is 2.83. The SMILES string of the molecule is COCC1(C(C)C)CN=C(N)N1C. The molecular weight excluding hydrogens is 166 g/mol. The van der Waals surface area contributed by atoms with Gasteiger partial charge in [-0.1, -0.05) is 13.8 Å². The van der Waals surface area contributed by atoms with E-state index in [0.717, 1.165) is 6.54 Å². The summed E-state index contributed by atoms with van der Waals surface area (Å²) in [4.78, 5) is 6.28. The second-order valence-electron chi connectivity index (χ2n) is 3.92. The number of likely N-dealkylation sites (N-methyl/N-ethyl adjacent to an activating group) is 1. The molecule has 4 nitrogen and oxygen atoms in total. The first-order chi connectivity index (χ1) is 6.04. The van der Waals surface area contributed by atoms with E-state index < -0.39 is 0 Å². The number of ether oxygens (including phenoxy) is 1. The highest BCUT2D eigenvalue weighted by Crippen LogP contribution is 2.28. The summed E-state index contributed by atoms with van der Waals surface area (Å²) in [6.45, 7) is 5.75. The molecular formula is C9H19N3O. The third-order valence-corrected chi connectivity index (χ3v) is 3.00. The van der Waals surface area contributed by atoms with Crippen molar-refractivity contribution < 1.29 is 4.74 Å². The molecule has 0 fully saturated rings. The van der Waals surface area contributed by atoms with Crippen molar-refractivity contribution in [1.82, 2.24) is 4.90 Å². The highest BCUT2D eigenvalue weighted by molar-refractivity contribution is 5.80. The first-order valence-electron chi connectivity index (χ1n) is 4.57. The Morgan fingerprint density at radius 1 is 1.69 bits per heavy atom. The number of aliphatic imine (C=N–C) groups is 1. The van der Waals surface area contributed by atoms with Crippen molar-refractivity contribution >= 4 is 5.96 Å². The van der Waals surface area contributed by atoms with Gasteiger partial charge in [-0.25, -0.2) is 0 Å². The maximum atomic E-state index is 5.74. The molecule has 0 amide bonds. The number of rotatable bonds is 3. The number of nitrogens with zero attached hydrogens (tertiary/aromatic N) is 2. The van der Waals surface area contributed by atoms with Crippen molar-refractivity contribution in [1.29, 1.82) is 0 Å². The van der Waals surface area contributed by atoms with E-state index >= 15 is 0 Å². The monoisotopic (exact) mass is 185 g/mol. The zero-order valence-corrected chi connectivity index (χ0v) is 8.87. The van der Waals surface area contributed by atoms with Gasteiger partial charge in [0, 0.05) is 14.2 Å². The third-order valence-electron chi connectivity index (χ3n) is 3.00. The summed E-state index contributed by atoms with van der Waals surface area (Å²) in [7, 11) is 3.69. The number of guanidine groups is 1. The van der Waals surface area contributed by atoms with Gasteiger partial charge in [-0.15, -0.1) is 0 Å². The standard InChI is InChI=1S/C9H19N3O/c1-7(2)9(6-13-4)5-11-8(10)12(9)3/h7H,5-6H2,1-4H3,(H2,10,11). The van der Waals surface area contributed by atoms with Crippen molar-refractivity contribution in [3.8, 4) is 0 Å². The second kappa shape index (κ2) is 3.54. The van der Waals surface area contributed by atoms with Crippen LogP contribution in [0, 0.1) is 5.92 Å². The van der Waals surface area contributed by atoms with Crippen LogP contribution in [0.2, 0.25) is 0 Å². The number of methoxy groups -OCH3 is 1. The molecule has 1 heterocycles. The second-order valence-corrected chi connectivity index (χ2v) is 3.92. The first-order valence-corrected chi connectivity index (χ1v) is 4.57. The molecule has 0 aromatic carbocycles. The molecule has 0 aliphatic carbocycles. The van der Waals surface area contributed by atoms with Crippen molar-refractivity contribution in [3.63, 3.8) is 0 Å². The van der Waals surface area contributed by atoms with Crippen molar-refractivity contribution in [3.05, 3.63) is 0 Å². The summed E-state index contributed by atoms with van der Waals surface area (Å²) in [6.07, 6.45) is 0. The summed E-state index contributed by atoms with van der Waals surface area (Å²) in [6, 6.07) is 0. The summed E-state index contributed by atoms with van der Waals surface area (Å²) in [5.74, 6) is 1.09. The molecule has 0 aromatic heterocycles. The van der Waals surface area contributed by atoms with Crippen LogP contribution in [0.4, 0.5) is 0 Å². The van der Waals surface area contributed by atoms with Gasteiger partial charge in [0.2, 0.25) is 0 Å². The normalized spacial score (nSPS) is 28.4. The van der Waals surface area contributed by atoms with Crippen LogP contribution < -0.4 is 5.73 Å². The predicted molar refractivity (Wildman–Crippen MR) is 53.7 cm³/mol. The third kappa shape index (κ3) is 1.50. The average Bonchev–Trinajstić information content (AvgIpc) is 2.34. The van der Waals surface area contributed by atoms with Gasteiger partial charge in [0.1, 0.15) is 0 Å². The molecule has 1 aliphatic rings. The Morgan fingerprint density at radius 3 is 2.62 bits per heavy atom. The Morgan fingerprint density at radius 2 is 2.31 bits per heavy atom. The van der Waals surface area contributed by atoms with E-state index in [4.69, 9.17) is 10.5 Å². The smallest absolute Gasteiger partial charge is 0.191 e. The molecule has 13 heavy (non-hydrogen) atoms. The van der Waals surface area contributed by atoms with Crippen LogP contribution in [0.15, 0.2) is 4.99 Å². The van der Waals surface area contributed by atoms with Crippen molar-refractivity contribution in [2.75, 3.05) is 27.3 Å². The topological polar surface area (TPSA) is 50.9 Å². The van der Waals surface area contributed by atoms with Gasteiger partial charge in [-0.2, -0.15) is 0 Å². The summed E-state index contributed by atoms with van der Waals surface area (Å²) in [5, 5.41) is 0. The summed E-state index contributed by atoms with van der Waals surface area (Å²) in [5.41, 5.74) is 5.70. The van der Waals surface area contributed by atoms with Gasteiger partial charge in [0.25, 0.3) is 0 Å². The fraction of sp³-hybridized carbons (Fsp3) is 0.889. The van der Waals surface area contributed by atoms with Gasteiger partial charge in [-0.05, 0) is 5.92 Å². The Hall–Kier alpha value is -0.770. The lowest BCUT2D eigenvalue weighted by Crippen LogP contribution is -2.55. The molecule has 1 atom stereocenters. The van der Waals surface area contributed by atoms with E-state index in [2.05, 4.69) is 18.8 Å². The van der Waals surface area contributed by atoms with E-state index in [0.29, 0.717) is 18.5 Å². The number of hydrogen-bond acceptors (Lipinski definition) is 4. The van der Waals surface area contributed by atoms with E-state index in [-0.39, 0.29) is 5.54 Å². The predicted octanol–water partition coefficient (Wildman–Crippen LogP) is 0.288. The van der Waals surface area contributed by atoms with Gasteiger partial charge < -0.3 is 15.4 Å². The van der Waals surface area contributed by atoms with Crippen molar-refractivity contribution in [2.24, 2.45) is 16.6 Å². The van der Waals surface area contributed by atoms with Crippen molar-refractivity contribution in [2.45, 2.75) is 19.4 Å². The molecule has 4 heteroatoms. The van der Waals surface area contributed by atoms with Crippen LogP contribution >= 0.6 is 0 Å². The van der Waals surface area contributed by atoms with Crippen LogP contribution in [0.1, 0.15) is 13.8 Å². The zero-order chi connectivity index (χ0) is 10.1. The van der Waals surface area contributed by atoms with E-state index in [1.807, 2.05) is 11.9 Å². The largest absolute Gasteiger partial charge is 0.382 e. The minimum absolute atomic E-state index is 0.0428. The molecule has 0 saturated carbocycles. The maximum absolute atomic E-state index is 5.74. The van der Waals surface area contributed by atoms with Crippen LogP contribution in [0.25, 0.3) is 0 Å². The molecule has 0 bridgehead atoms. The molecule has 0 radical (unpaired) electrons. The van der Waals surface area contributed by atoms with E-state index in [1.54, 1.807) is 7.11 Å². The van der Waals surface area contributed by atoms with Gasteiger partial charge >= 0.3 is 0 Å². The molecule has 76 valence electrons. The minimum atomic E-state index is -0.0428. The fourth-order valence-electron chi connectivity index (χ4n) is 1.79. The van der Waals surface area contributed by atoms with E-state index in [1.165, 1.54) is 0 Å². The van der Waals surface area contributed by atoms with Crippen LogP contribution in [-0.4, -0.2) is 43.7 Å². The quantitative estimate of drug-likeness (QED) is 0.687. The fourth-order valence-corrected chi connectivity index (χ4v) is 1.79. The highest BCUT2D eigenvalue weighted by Gasteiger charge is 2.42. The van der Waals surface area contributed by atoms with Gasteiger partial charge in [-0.3, -0.25) is 4.99 Å². The molecule has 0 saturated heterocycles. The lowest BCUT2D eigenvalue weighted by atomic mass is 9.86. The molecule has 0 aromatic rings. The summed E-state index contributed by atoms with van der Waals surface area (Å²) >= 11 is 0. The van der Waals surface area contributed by atoms with E-state index in [9.17, 15) is 0 Å². The summed E-state index contributed by atoms with van der Waals surface area (Å²) < 4.78 is 5.24. The minimum Gasteiger partial charge on any atom is -0.382 e. The highest BCUT2D eigenvalue weighted by atomic mass is 16.5.